The second-order valence-electron chi connectivity index (χ2n) is 5.47. The van der Waals surface area contributed by atoms with Gasteiger partial charge in [0.1, 0.15) is 0 Å². The van der Waals surface area contributed by atoms with Crippen LogP contribution in [0, 0.1) is 11.8 Å². The van der Waals surface area contributed by atoms with Gasteiger partial charge in [-0.05, 0) is 46.8 Å². The molecule has 2 atom stereocenters. The fraction of sp³-hybridized carbons (Fsp3) is 0.600. The molecule has 2 unspecified atom stereocenters. The minimum absolute atomic E-state index is 0.142. The maximum Gasteiger partial charge on any atom is 0.310 e. The Balaban J connectivity index is 1.77. The topological polar surface area (TPSA) is 46.6 Å². The number of hydrogen-bond donors (Lipinski definition) is 0. The van der Waals surface area contributed by atoms with Crippen molar-refractivity contribution in [3.05, 3.63) is 20.8 Å². The summed E-state index contributed by atoms with van der Waals surface area (Å²) >= 11 is 5.15. The van der Waals surface area contributed by atoms with Crippen LogP contribution in [0.5, 0.6) is 0 Å². The van der Waals surface area contributed by atoms with Crippen LogP contribution in [-0.2, 0) is 20.7 Å². The highest BCUT2D eigenvalue weighted by Crippen LogP contribution is 2.26. The summed E-state index contributed by atoms with van der Waals surface area (Å²) in [6.45, 7) is 3.15. The lowest BCUT2D eigenvalue weighted by atomic mass is 9.99. The molecule has 116 valence electrons. The number of aryl methyl sites for hydroxylation is 1. The third-order valence-corrected chi connectivity index (χ3v) is 5.60. The van der Waals surface area contributed by atoms with Gasteiger partial charge in [0, 0.05) is 24.4 Å². The summed E-state index contributed by atoms with van der Waals surface area (Å²) in [4.78, 5) is 26.9. The van der Waals surface area contributed by atoms with Crippen LogP contribution in [-0.4, -0.2) is 37.0 Å². The van der Waals surface area contributed by atoms with Gasteiger partial charge in [0.15, 0.2) is 0 Å². The van der Waals surface area contributed by atoms with Crippen LogP contribution < -0.4 is 0 Å². The van der Waals surface area contributed by atoms with E-state index in [0.29, 0.717) is 19.5 Å². The van der Waals surface area contributed by atoms with E-state index in [4.69, 9.17) is 4.74 Å². The monoisotopic (exact) mass is 373 g/mol. The average Bonchev–Trinajstić information content (AvgIpc) is 3.04. The number of halogens is 1. The maximum absolute atomic E-state index is 12.2. The van der Waals surface area contributed by atoms with E-state index in [0.717, 1.165) is 16.6 Å². The summed E-state index contributed by atoms with van der Waals surface area (Å²) in [5.74, 6) is -0.0630. The fourth-order valence-electron chi connectivity index (χ4n) is 2.69. The normalized spacial score (nSPS) is 21.6. The zero-order valence-electron chi connectivity index (χ0n) is 12.3. The lowest BCUT2D eigenvalue weighted by Gasteiger charge is -2.15. The van der Waals surface area contributed by atoms with Crippen molar-refractivity contribution >= 4 is 39.1 Å². The molecule has 0 aromatic carbocycles. The van der Waals surface area contributed by atoms with Gasteiger partial charge in [-0.1, -0.05) is 6.92 Å². The van der Waals surface area contributed by atoms with E-state index >= 15 is 0 Å². The number of rotatable bonds is 5. The van der Waals surface area contributed by atoms with Crippen LogP contribution >= 0.6 is 27.3 Å². The van der Waals surface area contributed by atoms with Crippen molar-refractivity contribution in [2.75, 3.05) is 20.2 Å². The highest BCUT2D eigenvalue weighted by molar-refractivity contribution is 9.11. The molecule has 1 aliphatic heterocycles. The number of carbonyl (C=O) groups is 2. The van der Waals surface area contributed by atoms with Gasteiger partial charge >= 0.3 is 5.97 Å². The zero-order chi connectivity index (χ0) is 15.4. The van der Waals surface area contributed by atoms with E-state index in [1.165, 1.54) is 12.0 Å². The van der Waals surface area contributed by atoms with Crippen LogP contribution in [0.4, 0.5) is 0 Å². The van der Waals surface area contributed by atoms with E-state index in [2.05, 4.69) is 22.0 Å². The number of nitrogens with zero attached hydrogens (tertiary/aromatic N) is 1. The Morgan fingerprint density at radius 1 is 1.43 bits per heavy atom. The number of esters is 1. The lowest BCUT2D eigenvalue weighted by molar-refractivity contribution is -0.146. The van der Waals surface area contributed by atoms with Gasteiger partial charge in [-0.25, -0.2) is 0 Å². The summed E-state index contributed by atoms with van der Waals surface area (Å²) < 4.78 is 5.92. The first-order valence-electron chi connectivity index (χ1n) is 7.11. The molecular weight excluding hydrogens is 354 g/mol. The van der Waals surface area contributed by atoms with E-state index in [9.17, 15) is 9.59 Å². The minimum atomic E-state index is -0.207. The van der Waals surface area contributed by atoms with Gasteiger partial charge in [-0.2, -0.15) is 0 Å². The van der Waals surface area contributed by atoms with Crippen molar-refractivity contribution in [2.45, 2.75) is 26.2 Å². The Morgan fingerprint density at radius 3 is 2.81 bits per heavy atom. The first-order valence-corrected chi connectivity index (χ1v) is 8.72. The smallest absolute Gasteiger partial charge is 0.310 e. The molecule has 6 heteroatoms. The van der Waals surface area contributed by atoms with Crippen LogP contribution in [0.3, 0.4) is 0 Å². The van der Waals surface area contributed by atoms with Crippen molar-refractivity contribution in [2.24, 2.45) is 11.8 Å². The van der Waals surface area contributed by atoms with Crippen molar-refractivity contribution in [3.63, 3.8) is 0 Å². The summed E-state index contributed by atoms with van der Waals surface area (Å²) in [6.07, 6.45) is 2.31. The predicted octanol–water partition coefficient (Wildman–Crippen LogP) is 3.10. The molecule has 1 aliphatic rings. The molecule has 1 saturated heterocycles. The molecule has 0 saturated carbocycles. The molecule has 0 bridgehead atoms. The number of ether oxygens (including phenoxy) is 1. The van der Waals surface area contributed by atoms with Gasteiger partial charge < -0.3 is 9.64 Å². The second kappa shape index (κ2) is 7.40. The highest BCUT2D eigenvalue weighted by Gasteiger charge is 2.37. The molecule has 0 spiro atoms. The standard InChI is InChI=1S/C15H20BrNO3S/c1-10-8-17(9-12(10)15(19)20-2)14(18)5-3-4-11-6-7-13(16)21-11/h6-7,10,12H,3-5,8-9H2,1-2H3. The first kappa shape index (κ1) is 16.5. The Kier molecular flexibility index (Phi) is 5.81. The molecule has 1 amide bonds. The fourth-order valence-corrected chi connectivity index (χ4v) is 4.21. The Hall–Kier alpha value is -0.880. The molecule has 21 heavy (non-hydrogen) atoms. The van der Waals surface area contributed by atoms with Crippen LogP contribution in [0.15, 0.2) is 15.9 Å². The van der Waals surface area contributed by atoms with Gasteiger partial charge in [0.25, 0.3) is 0 Å². The number of hydrogen-bond acceptors (Lipinski definition) is 4. The second-order valence-corrected chi connectivity index (χ2v) is 8.01. The van der Waals surface area contributed by atoms with Crippen molar-refractivity contribution in [1.82, 2.24) is 4.90 Å². The van der Waals surface area contributed by atoms with E-state index in [1.807, 2.05) is 13.0 Å². The predicted molar refractivity (Wildman–Crippen MR) is 86.2 cm³/mol. The highest BCUT2D eigenvalue weighted by atomic mass is 79.9. The molecule has 1 aromatic heterocycles. The van der Waals surface area contributed by atoms with Gasteiger partial charge in [0.2, 0.25) is 5.91 Å². The molecule has 2 rings (SSSR count). The Labute approximate surface area is 137 Å². The number of amides is 1. The van der Waals surface area contributed by atoms with Crippen molar-refractivity contribution in [3.8, 4) is 0 Å². The SMILES string of the molecule is COC(=O)C1CN(C(=O)CCCc2ccc(Br)s2)CC1C. The lowest BCUT2D eigenvalue weighted by Crippen LogP contribution is -2.30. The van der Waals surface area contributed by atoms with Gasteiger partial charge in [-0.3, -0.25) is 9.59 Å². The summed E-state index contributed by atoms with van der Waals surface area (Å²) in [5.41, 5.74) is 0. The summed E-state index contributed by atoms with van der Waals surface area (Å²) in [6, 6.07) is 4.12. The first-order chi connectivity index (χ1) is 10.0. The van der Waals surface area contributed by atoms with E-state index in [1.54, 1.807) is 16.2 Å². The number of carbonyl (C=O) groups excluding carboxylic acids is 2. The zero-order valence-corrected chi connectivity index (χ0v) is 14.7. The third kappa shape index (κ3) is 4.30. The minimum Gasteiger partial charge on any atom is -0.469 e. The molecule has 2 heterocycles. The van der Waals surface area contributed by atoms with Gasteiger partial charge in [0.05, 0.1) is 16.8 Å². The molecular formula is C15H20BrNO3S. The van der Waals surface area contributed by atoms with E-state index < -0.39 is 0 Å². The molecule has 1 aromatic rings. The molecule has 0 N–H and O–H groups in total. The third-order valence-electron chi connectivity index (χ3n) is 3.91. The summed E-state index contributed by atoms with van der Waals surface area (Å²) in [5, 5.41) is 0. The average molecular weight is 374 g/mol. The molecule has 0 aliphatic carbocycles. The van der Waals surface area contributed by atoms with Crippen molar-refractivity contribution in [1.29, 1.82) is 0 Å². The van der Waals surface area contributed by atoms with Crippen LogP contribution in [0.1, 0.15) is 24.6 Å². The van der Waals surface area contributed by atoms with Crippen LogP contribution in [0.2, 0.25) is 0 Å². The Morgan fingerprint density at radius 2 is 2.19 bits per heavy atom. The van der Waals surface area contributed by atoms with Crippen molar-refractivity contribution < 1.29 is 14.3 Å². The largest absolute Gasteiger partial charge is 0.469 e. The molecule has 0 radical (unpaired) electrons. The number of thiophene rings is 1. The summed E-state index contributed by atoms with van der Waals surface area (Å²) in [7, 11) is 1.40. The van der Waals surface area contributed by atoms with Crippen LogP contribution in [0.25, 0.3) is 0 Å². The number of likely N-dealkylation sites (tertiary alicyclic amines) is 1. The molecule has 1 fully saturated rings. The number of methoxy groups -OCH3 is 1. The quantitative estimate of drug-likeness (QED) is 0.744. The van der Waals surface area contributed by atoms with E-state index in [-0.39, 0.29) is 23.7 Å². The van der Waals surface area contributed by atoms with Gasteiger partial charge in [-0.15, -0.1) is 11.3 Å². The maximum atomic E-state index is 12.2. The molecule has 4 nitrogen and oxygen atoms in total. The Bertz CT molecular complexity index is 517.